The van der Waals surface area contributed by atoms with Gasteiger partial charge in [0.15, 0.2) is 0 Å². The maximum Gasteiger partial charge on any atom is 0.261 e. The Labute approximate surface area is 104 Å². The lowest BCUT2D eigenvalue weighted by atomic mass is 10.3. The van der Waals surface area contributed by atoms with Crippen LogP contribution in [-0.2, 0) is 9.47 Å². The summed E-state index contributed by atoms with van der Waals surface area (Å²) in [6.45, 7) is 0.891. The SMILES string of the molecule is COCC(CNC(=O)c1cc(S)cs1)OC. The van der Waals surface area contributed by atoms with Gasteiger partial charge in [0.05, 0.1) is 17.6 Å². The molecule has 0 aliphatic carbocycles. The Bertz CT molecular complexity index is 341. The smallest absolute Gasteiger partial charge is 0.261 e. The summed E-state index contributed by atoms with van der Waals surface area (Å²) in [6, 6.07) is 1.74. The summed E-state index contributed by atoms with van der Waals surface area (Å²) in [6.07, 6.45) is -0.121. The second-order valence-electron chi connectivity index (χ2n) is 3.19. The highest BCUT2D eigenvalue weighted by Gasteiger charge is 2.11. The van der Waals surface area contributed by atoms with Gasteiger partial charge in [0.1, 0.15) is 0 Å². The lowest BCUT2D eigenvalue weighted by molar-refractivity contribution is 0.0286. The largest absolute Gasteiger partial charge is 0.382 e. The Balaban J connectivity index is 2.40. The number of thiophene rings is 1. The molecule has 90 valence electrons. The second kappa shape index (κ2) is 6.90. The third-order valence-electron chi connectivity index (χ3n) is 1.99. The molecule has 1 atom stereocenters. The molecule has 1 heterocycles. The van der Waals surface area contributed by atoms with Crippen molar-refractivity contribution in [3.63, 3.8) is 0 Å². The first-order valence-corrected chi connectivity index (χ1v) is 6.07. The summed E-state index contributed by atoms with van der Waals surface area (Å²) in [5.74, 6) is -0.108. The molecule has 0 radical (unpaired) electrons. The lowest BCUT2D eigenvalue weighted by Gasteiger charge is -2.14. The van der Waals surface area contributed by atoms with E-state index < -0.39 is 0 Å². The van der Waals surface area contributed by atoms with E-state index in [0.717, 1.165) is 4.90 Å². The molecule has 0 fully saturated rings. The molecule has 1 rings (SSSR count). The maximum atomic E-state index is 11.7. The fourth-order valence-corrected chi connectivity index (χ4v) is 2.20. The molecule has 6 heteroatoms. The molecule has 0 saturated carbocycles. The van der Waals surface area contributed by atoms with Crippen molar-refractivity contribution in [3.8, 4) is 0 Å². The molecule has 1 amide bonds. The minimum absolute atomic E-state index is 0.108. The number of carbonyl (C=O) groups is 1. The summed E-state index contributed by atoms with van der Waals surface area (Å²) < 4.78 is 10.1. The summed E-state index contributed by atoms with van der Waals surface area (Å²) in [4.78, 5) is 13.1. The fourth-order valence-electron chi connectivity index (χ4n) is 1.14. The molecular weight excluding hydrogens is 246 g/mol. The average Bonchev–Trinajstić information content (AvgIpc) is 2.70. The van der Waals surface area contributed by atoms with E-state index in [9.17, 15) is 4.79 Å². The Morgan fingerprint density at radius 1 is 1.62 bits per heavy atom. The first kappa shape index (κ1) is 13.5. The van der Waals surface area contributed by atoms with Crippen molar-refractivity contribution in [2.45, 2.75) is 11.0 Å². The summed E-state index contributed by atoms with van der Waals surface area (Å²) >= 11 is 5.52. The number of hydrogen-bond acceptors (Lipinski definition) is 5. The minimum atomic E-state index is -0.121. The third kappa shape index (κ3) is 4.13. The normalized spacial score (nSPS) is 12.4. The van der Waals surface area contributed by atoms with Gasteiger partial charge in [-0.3, -0.25) is 4.79 Å². The molecule has 0 bridgehead atoms. The Morgan fingerprint density at radius 3 is 2.88 bits per heavy atom. The van der Waals surface area contributed by atoms with Crippen molar-refractivity contribution in [1.29, 1.82) is 0 Å². The van der Waals surface area contributed by atoms with Gasteiger partial charge in [-0.1, -0.05) is 0 Å². The molecule has 1 N–H and O–H groups in total. The van der Waals surface area contributed by atoms with Gasteiger partial charge in [0.2, 0.25) is 0 Å². The number of thiol groups is 1. The monoisotopic (exact) mass is 261 g/mol. The van der Waals surface area contributed by atoms with Crippen LogP contribution in [0.4, 0.5) is 0 Å². The predicted molar refractivity (Wildman–Crippen MR) is 66.6 cm³/mol. The van der Waals surface area contributed by atoms with E-state index in [0.29, 0.717) is 18.0 Å². The lowest BCUT2D eigenvalue weighted by Crippen LogP contribution is -2.35. The van der Waals surface area contributed by atoms with Crippen molar-refractivity contribution in [1.82, 2.24) is 5.32 Å². The molecule has 0 aromatic carbocycles. The highest BCUT2D eigenvalue weighted by atomic mass is 32.1. The zero-order valence-corrected chi connectivity index (χ0v) is 10.9. The van der Waals surface area contributed by atoms with Crippen molar-refractivity contribution in [2.75, 3.05) is 27.4 Å². The van der Waals surface area contributed by atoms with Gasteiger partial charge in [-0.25, -0.2) is 0 Å². The van der Waals surface area contributed by atoms with Crippen LogP contribution >= 0.6 is 24.0 Å². The van der Waals surface area contributed by atoms with E-state index >= 15 is 0 Å². The Kier molecular flexibility index (Phi) is 5.83. The standard InChI is InChI=1S/C10H15NO3S2/c1-13-5-7(14-2)4-11-10(12)9-3-8(15)6-16-9/h3,6-7,15H,4-5H2,1-2H3,(H,11,12). The quantitative estimate of drug-likeness (QED) is 0.762. The number of rotatable bonds is 6. The van der Waals surface area contributed by atoms with Crippen LogP contribution in [0.5, 0.6) is 0 Å². The number of ether oxygens (including phenoxy) is 2. The zero-order valence-electron chi connectivity index (χ0n) is 9.23. The topological polar surface area (TPSA) is 47.6 Å². The molecule has 16 heavy (non-hydrogen) atoms. The van der Waals surface area contributed by atoms with Crippen LogP contribution in [0.2, 0.25) is 0 Å². The van der Waals surface area contributed by atoms with Gasteiger partial charge in [0.25, 0.3) is 5.91 Å². The molecule has 1 unspecified atom stereocenters. The highest BCUT2D eigenvalue weighted by molar-refractivity contribution is 7.80. The van der Waals surface area contributed by atoms with Gasteiger partial charge < -0.3 is 14.8 Å². The molecule has 1 aromatic rings. The van der Waals surface area contributed by atoms with Gasteiger partial charge in [0, 0.05) is 31.0 Å². The van der Waals surface area contributed by atoms with Crippen molar-refractivity contribution < 1.29 is 14.3 Å². The molecule has 0 saturated heterocycles. The first-order chi connectivity index (χ1) is 7.67. The predicted octanol–water partition coefficient (Wildman–Crippen LogP) is 1.43. The van der Waals surface area contributed by atoms with Crippen LogP contribution in [0.1, 0.15) is 9.67 Å². The summed E-state index contributed by atoms with van der Waals surface area (Å²) in [7, 11) is 3.19. The second-order valence-corrected chi connectivity index (χ2v) is 4.62. The zero-order chi connectivity index (χ0) is 12.0. The minimum Gasteiger partial charge on any atom is -0.382 e. The van der Waals surface area contributed by atoms with Gasteiger partial charge in [-0.05, 0) is 6.07 Å². The Morgan fingerprint density at radius 2 is 2.38 bits per heavy atom. The molecule has 0 aliphatic heterocycles. The van der Waals surface area contributed by atoms with E-state index in [1.807, 2.05) is 5.38 Å². The molecule has 0 spiro atoms. The number of nitrogens with one attached hydrogen (secondary N) is 1. The van der Waals surface area contributed by atoms with Crippen LogP contribution in [0, 0.1) is 0 Å². The fraction of sp³-hybridized carbons (Fsp3) is 0.500. The van der Waals surface area contributed by atoms with E-state index in [2.05, 4.69) is 17.9 Å². The summed E-state index contributed by atoms with van der Waals surface area (Å²) in [5.41, 5.74) is 0. The number of carbonyl (C=O) groups excluding carboxylic acids is 1. The Hall–Kier alpha value is -0.560. The van der Waals surface area contributed by atoms with Crippen LogP contribution in [0.25, 0.3) is 0 Å². The number of hydrogen-bond donors (Lipinski definition) is 2. The number of amides is 1. The molecule has 1 aromatic heterocycles. The molecule has 0 aliphatic rings. The van der Waals surface area contributed by atoms with E-state index in [1.165, 1.54) is 11.3 Å². The highest BCUT2D eigenvalue weighted by Crippen LogP contribution is 2.17. The van der Waals surface area contributed by atoms with E-state index in [1.54, 1.807) is 20.3 Å². The van der Waals surface area contributed by atoms with E-state index in [-0.39, 0.29) is 12.0 Å². The van der Waals surface area contributed by atoms with Crippen molar-refractivity contribution >= 4 is 29.9 Å². The van der Waals surface area contributed by atoms with Crippen LogP contribution in [0.15, 0.2) is 16.3 Å². The first-order valence-electron chi connectivity index (χ1n) is 4.74. The van der Waals surface area contributed by atoms with Crippen molar-refractivity contribution in [2.24, 2.45) is 0 Å². The third-order valence-corrected chi connectivity index (χ3v) is 3.35. The van der Waals surface area contributed by atoms with Gasteiger partial charge >= 0.3 is 0 Å². The molecule has 4 nitrogen and oxygen atoms in total. The van der Waals surface area contributed by atoms with Crippen molar-refractivity contribution in [3.05, 3.63) is 16.3 Å². The summed E-state index contributed by atoms with van der Waals surface area (Å²) in [5, 5.41) is 4.60. The van der Waals surface area contributed by atoms with Gasteiger partial charge in [-0.15, -0.1) is 24.0 Å². The number of methoxy groups -OCH3 is 2. The average molecular weight is 261 g/mol. The van der Waals surface area contributed by atoms with Crippen LogP contribution in [0.3, 0.4) is 0 Å². The van der Waals surface area contributed by atoms with Crippen LogP contribution < -0.4 is 5.32 Å². The maximum absolute atomic E-state index is 11.7. The van der Waals surface area contributed by atoms with Gasteiger partial charge in [-0.2, -0.15) is 0 Å². The van der Waals surface area contributed by atoms with Crippen LogP contribution in [-0.4, -0.2) is 39.4 Å². The van der Waals surface area contributed by atoms with E-state index in [4.69, 9.17) is 9.47 Å². The molecular formula is C10H15NO3S2.